The summed E-state index contributed by atoms with van der Waals surface area (Å²) in [7, 11) is 0. The van der Waals surface area contributed by atoms with Crippen molar-refractivity contribution in [2.45, 2.75) is 127 Å². The minimum absolute atomic E-state index is 0.0118. The largest absolute Gasteiger partial charge is 0.370 e. The van der Waals surface area contributed by atoms with Gasteiger partial charge in [0.05, 0.1) is 0 Å². The summed E-state index contributed by atoms with van der Waals surface area (Å²) < 4.78 is 0. The third-order valence-electron chi connectivity index (χ3n) is 11.6. The Morgan fingerprint density at radius 3 is 2.11 bits per heavy atom. The first-order valence-electron chi connectivity index (χ1n) is 23.5. The molecule has 1 aliphatic rings. The van der Waals surface area contributed by atoms with Gasteiger partial charge in [0.1, 0.15) is 42.3 Å². The standard InChI is InChI=1S/C47H68N14O9/c1-3-4-14-32(55-27(2)62)41(65)57-34-17-18-39(63)52-23-20-36(45(69)60-37(40(49)64)25-29-26-54-31-15-9-8-13-30(29)31)59-42(66)33(16-10-22-53-47(50)51)56-46(70)38(24-28-11-6-5-7-12-28)61-44(68)35(19-21-48)58-43(34)67/h5-9,11-13,15,26,32-38,54H,3-4,10,14,16-25,48H2,1-2H3,(H2,49,64)(H,52,63)(H,55,62)(H,56,70)(H,57,65)(H,58,67)(H,59,66)(H,60,69)(H,61,68)(H4,50,51,53)/t32-,33-,34-,35-,36-,37-,38+/m0/s1. The molecule has 0 aliphatic carbocycles. The number of nitrogens with two attached hydrogens (primary N) is 4. The van der Waals surface area contributed by atoms with Crippen LogP contribution in [0, 0.1) is 0 Å². The van der Waals surface area contributed by atoms with Crippen molar-refractivity contribution in [3.05, 3.63) is 71.9 Å². The van der Waals surface area contributed by atoms with E-state index >= 15 is 0 Å². The highest BCUT2D eigenvalue weighted by molar-refractivity contribution is 5.98. The fraction of sp³-hybridized carbons (Fsp3) is 0.489. The second-order valence-corrected chi connectivity index (χ2v) is 17.1. The molecule has 23 nitrogen and oxygen atoms in total. The first-order valence-corrected chi connectivity index (χ1v) is 23.5. The van der Waals surface area contributed by atoms with Crippen LogP contribution in [-0.4, -0.2) is 126 Å². The van der Waals surface area contributed by atoms with Crippen LogP contribution in [-0.2, 0) is 56.0 Å². The summed E-state index contributed by atoms with van der Waals surface area (Å²) in [6.45, 7) is 2.90. The van der Waals surface area contributed by atoms with Crippen LogP contribution in [0.2, 0.25) is 0 Å². The Kier molecular flexibility index (Phi) is 22.1. The molecular formula is C47H68N14O9. The van der Waals surface area contributed by atoms with Crippen LogP contribution in [0.25, 0.3) is 10.9 Å². The molecule has 7 atom stereocenters. The van der Waals surface area contributed by atoms with Crippen LogP contribution in [0.15, 0.2) is 65.8 Å². The Hall–Kier alpha value is -7.56. The van der Waals surface area contributed by atoms with E-state index in [0.29, 0.717) is 24.0 Å². The molecule has 3 aromatic rings. The van der Waals surface area contributed by atoms with Crippen molar-refractivity contribution in [3.63, 3.8) is 0 Å². The number of hydrogen-bond acceptors (Lipinski definition) is 11. The first-order chi connectivity index (χ1) is 33.5. The lowest BCUT2D eigenvalue weighted by atomic mass is 10.0. The number of primary amides is 1. The van der Waals surface area contributed by atoms with E-state index in [4.69, 9.17) is 22.9 Å². The van der Waals surface area contributed by atoms with E-state index in [9.17, 15) is 43.2 Å². The third kappa shape index (κ3) is 17.8. The molecule has 1 saturated heterocycles. The van der Waals surface area contributed by atoms with Crippen LogP contribution in [0.4, 0.5) is 0 Å². The minimum atomic E-state index is -1.43. The average molecular weight is 973 g/mol. The lowest BCUT2D eigenvalue weighted by Crippen LogP contribution is -2.60. The predicted octanol–water partition coefficient (Wildman–Crippen LogP) is -2.26. The van der Waals surface area contributed by atoms with Crippen molar-refractivity contribution in [2.24, 2.45) is 27.9 Å². The number of aromatic nitrogens is 1. The topological polar surface area (TPSA) is 382 Å². The summed E-state index contributed by atoms with van der Waals surface area (Å²) in [4.78, 5) is 130. The molecular weight excluding hydrogens is 905 g/mol. The number of para-hydroxylation sites is 1. The maximum atomic E-state index is 14.4. The van der Waals surface area contributed by atoms with Crippen LogP contribution < -0.4 is 65.5 Å². The highest BCUT2D eigenvalue weighted by Crippen LogP contribution is 2.19. The number of aliphatic imine (C=N–C) groups is 1. The highest BCUT2D eigenvalue weighted by atomic mass is 16.2. The maximum Gasteiger partial charge on any atom is 0.243 e. The number of carbonyl (C=O) groups is 9. The lowest BCUT2D eigenvalue weighted by Gasteiger charge is -2.27. The zero-order valence-electron chi connectivity index (χ0n) is 39.6. The molecule has 1 fully saturated rings. The van der Waals surface area contributed by atoms with Gasteiger partial charge in [-0.05, 0) is 62.3 Å². The van der Waals surface area contributed by atoms with Crippen molar-refractivity contribution >= 4 is 70.0 Å². The van der Waals surface area contributed by atoms with Crippen molar-refractivity contribution in [3.8, 4) is 0 Å². The molecule has 0 saturated carbocycles. The molecule has 380 valence electrons. The summed E-state index contributed by atoms with van der Waals surface area (Å²) in [5.41, 5.74) is 24.9. The third-order valence-corrected chi connectivity index (χ3v) is 11.6. The van der Waals surface area contributed by atoms with Gasteiger partial charge in [0, 0.05) is 56.4 Å². The Balaban J connectivity index is 1.73. The van der Waals surface area contributed by atoms with Crippen molar-refractivity contribution in [1.29, 1.82) is 0 Å². The smallest absolute Gasteiger partial charge is 0.243 e. The molecule has 1 aliphatic heterocycles. The fourth-order valence-corrected chi connectivity index (χ4v) is 7.82. The van der Waals surface area contributed by atoms with Gasteiger partial charge in [0.15, 0.2) is 5.96 Å². The fourth-order valence-electron chi connectivity index (χ4n) is 7.82. The summed E-state index contributed by atoms with van der Waals surface area (Å²) in [6, 6.07) is 6.87. The van der Waals surface area contributed by atoms with E-state index in [-0.39, 0.29) is 83.4 Å². The Morgan fingerprint density at radius 2 is 1.43 bits per heavy atom. The van der Waals surface area contributed by atoms with Crippen LogP contribution in [0.5, 0.6) is 0 Å². The number of H-pyrrole nitrogens is 1. The van der Waals surface area contributed by atoms with Crippen LogP contribution >= 0.6 is 0 Å². The van der Waals surface area contributed by atoms with Gasteiger partial charge in [-0.15, -0.1) is 0 Å². The van der Waals surface area contributed by atoms with Gasteiger partial charge in [0.25, 0.3) is 0 Å². The van der Waals surface area contributed by atoms with Crippen molar-refractivity contribution in [1.82, 2.24) is 47.5 Å². The number of nitrogens with one attached hydrogen (secondary N) is 9. The van der Waals surface area contributed by atoms with Crippen LogP contribution in [0.3, 0.4) is 0 Å². The number of rotatable bonds is 19. The average Bonchev–Trinajstić information content (AvgIpc) is 3.73. The van der Waals surface area contributed by atoms with E-state index in [1.807, 2.05) is 31.2 Å². The summed E-state index contributed by atoms with van der Waals surface area (Å²) in [6.07, 6.45) is 2.27. The molecule has 23 heteroatoms. The number of fused-ring (bicyclic) bond motifs is 1. The van der Waals surface area contributed by atoms with Gasteiger partial charge in [-0.1, -0.05) is 68.3 Å². The van der Waals surface area contributed by atoms with Gasteiger partial charge in [-0.2, -0.15) is 0 Å². The summed E-state index contributed by atoms with van der Waals surface area (Å²) in [5.74, 6) is -7.00. The summed E-state index contributed by atoms with van der Waals surface area (Å²) in [5, 5.41) is 22.1. The van der Waals surface area contributed by atoms with Gasteiger partial charge in [-0.25, -0.2) is 0 Å². The number of aromatic amines is 1. The Morgan fingerprint density at radius 1 is 0.771 bits per heavy atom. The summed E-state index contributed by atoms with van der Waals surface area (Å²) >= 11 is 0. The number of hydrogen-bond donors (Lipinski definition) is 13. The Labute approximate surface area is 406 Å². The second kappa shape index (κ2) is 28.1. The zero-order valence-corrected chi connectivity index (χ0v) is 39.6. The predicted molar refractivity (Wildman–Crippen MR) is 260 cm³/mol. The maximum absolute atomic E-state index is 14.4. The van der Waals surface area contributed by atoms with E-state index in [0.717, 1.165) is 10.9 Å². The quantitative estimate of drug-likeness (QED) is 0.0344. The highest BCUT2D eigenvalue weighted by Gasteiger charge is 2.34. The second-order valence-electron chi connectivity index (χ2n) is 17.1. The SMILES string of the molecule is CCCC[C@H](NC(C)=O)C(=O)N[C@H]1CCC(=O)NCC[C@@H](C(=O)N[C@@H](Cc2c[nH]c3ccccc23)C(N)=O)NC(=O)[C@H](CCCN=C(N)N)NC(=O)[C@@H](Cc2ccccc2)NC(=O)[C@H](CCN)NC1=O. The number of benzene rings is 2. The molecule has 0 radical (unpaired) electrons. The number of nitrogens with zero attached hydrogens (tertiary/aromatic N) is 1. The molecule has 70 heavy (non-hydrogen) atoms. The molecule has 0 bridgehead atoms. The number of amides is 9. The van der Waals surface area contributed by atoms with E-state index in [1.54, 1.807) is 36.5 Å². The molecule has 9 amide bonds. The van der Waals surface area contributed by atoms with Crippen LogP contribution in [0.1, 0.15) is 82.8 Å². The van der Waals surface area contributed by atoms with E-state index in [1.165, 1.54) is 6.92 Å². The zero-order chi connectivity index (χ0) is 51.2. The molecule has 0 unspecified atom stereocenters. The number of unbranched alkanes of at least 4 members (excludes halogenated alkanes) is 1. The molecule has 0 spiro atoms. The molecule has 2 heterocycles. The number of guanidine groups is 1. The molecule has 2 aromatic carbocycles. The monoisotopic (exact) mass is 973 g/mol. The Bertz CT molecular complexity index is 2320. The normalized spacial score (nSPS) is 20.6. The van der Waals surface area contributed by atoms with Crippen molar-refractivity contribution < 1.29 is 43.2 Å². The number of carbonyl (C=O) groups excluding carboxylic acids is 9. The van der Waals surface area contributed by atoms with Gasteiger partial charge < -0.3 is 70.5 Å². The minimum Gasteiger partial charge on any atom is -0.370 e. The lowest BCUT2D eigenvalue weighted by molar-refractivity contribution is -0.135. The van der Waals surface area contributed by atoms with Gasteiger partial charge in [0.2, 0.25) is 53.2 Å². The molecule has 17 N–H and O–H groups in total. The van der Waals surface area contributed by atoms with E-state index in [2.05, 4.69) is 52.5 Å². The van der Waals surface area contributed by atoms with Gasteiger partial charge >= 0.3 is 0 Å². The molecule has 4 rings (SSSR count). The van der Waals surface area contributed by atoms with E-state index < -0.39 is 95.5 Å². The van der Waals surface area contributed by atoms with Crippen molar-refractivity contribution in [2.75, 3.05) is 19.6 Å². The van der Waals surface area contributed by atoms with Gasteiger partial charge in [-0.3, -0.25) is 48.1 Å². The first kappa shape index (κ1) is 55.0. The molecule has 1 aromatic heterocycles.